The van der Waals surface area contributed by atoms with E-state index in [1.807, 2.05) is 5.38 Å². The minimum absolute atomic E-state index is 0.0534. The van der Waals surface area contributed by atoms with Crippen LogP contribution in [0.15, 0.2) is 17.8 Å². The Labute approximate surface area is 104 Å². The summed E-state index contributed by atoms with van der Waals surface area (Å²) in [5, 5.41) is 5.94. The smallest absolute Gasteiger partial charge is 0.188 e. The van der Waals surface area contributed by atoms with Gasteiger partial charge in [0.1, 0.15) is 5.82 Å². The lowest BCUT2D eigenvalue weighted by atomic mass is 9.93. The first-order valence-corrected chi connectivity index (χ1v) is 6.14. The zero-order valence-corrected chi connectivity index (χ0v) is 10.9. The quantitative estimate of drug-likeness (QED) is 0.855. The molecule has 0 spiro atoms. The number of hydrogen-bond acceptors (Lipinski definition) is 6. The van der Waals surface area contributed by atoms with Crippen LogP contribution in [-0.2, 0) is 5.41 Å². The summed E-state index contributed by atoms with van der Waals surface area (Å²) in [6, 6.07) is 0. The maximum Gasteiger partial charge on any atom is 0.188 e. The molecule has 2 aromatic rings. The zero-order valence-electron chi connectivity index (χ0n) is 10.1. The highest BCUT2D eigenvalue weighted by atomic mass is 32.1. The summed E-state index contributed by atoms with van der Waals surface area (Å²) in [6.07, 6.45) is 3.13. The molecule has 0 aromatic carbocycles. The normalized spacial score (nSPS) is 11.5. The third kappa shape index (κ3) is 2.91. The average molecular weight is 249 g/mol. The Hall–Kier alpha value is -1.69. The van der Waals surface area contributed by atoms with Gasteiger partial charge in [-0.25, -0.2) is 9.97 Å². The van der Waals surface area contributed by atoms with Crippen molar-refractivity contribution >= 4 is 28.1 Å². The Morgan fingerprint density at radius 2 is 2.00 bits per heavy atom. The van der Waals surface area contributed by atoms with Gasteiger partial charge in [-0.3, -0.25) is 4.98 Å². The lowest BCUT2D eigenvalue weighted by Gasteiger charge is -2.14. The number of hydrogen-bond donors (Lipinski definition) is 2. The molecule has 0 atom stereocenters. The molecule has 0 saturated heterocycles. The van der Waals surface area contributed by atoms with Gasteiger partial charge in [-0.05, 0) is 0 Å². The second-order valence-electron chi connectivity index (χ2n) is 4.74. The summed E-state index contributed by atoms with van der Waals surface area (Å²) in [5.41, 5.74) is 6.67. The molecule has 0 aliphatic heterocycles. The van der Waals surface area contributed by atoms with Crippen molar-refractivity contribution in [2.45, 2.75) is 26.2 Å². The van der Waals surface area contributed by atoms with Crippen LogP contribution in [0.4, 0.5) is 16.8 Å². The number of anilines is 3. The topological polar surface area (TPSA) is 76.7 Å². The number of thiazole rings is 1. The Balaban J connectivity index is 2.17. The summed E-state index contributed by atoms with van der Waals surface area (Å²) < 4.78 is 0. The maximum atomic E-state index is 5.56. The Kier molecular flexibility index (Phi) is 2.97. The molecule has 0 saturated carbocycles. The summed E-state index contributed by atoms with van der Waals surface area (Å²) in [4.78, 5) is 12.6. The number of nitrogens with one attached hydrogen (secondary N) is 1. The molecule has 0 aliphatic carbocycles. The van der Waals surface area contributed by atoms with E-state index in [2.05, 4.69) is 41.0 Å². The van der Waals surface area contributed by atoms with E-state index in [1.54, 1.807) is 17.5 Å². The van der Waals surface area contributed by atoms with Gasteiger partial charge in [0.2, 0.25) is 0 Å². The average Bonchev–Trinajstić information content (AvgIpc) is 2.65. The van der Waals surface area contributed by atoms with Gasteiger partial charge in [0, 0.05) is 10.8 Å². The van der Waals surface area contributed by atoms with Crippen molar-refractivity contribution in [2.75, 3.05) is 11.1 Å². The van der Waals surface area contributed by atoms with Gasteiger partial charge in [-0.15, -0.1) is 11.3 Å². The van der Waals surface area contributed by atoms with E-state index in [0.29, 0.717) is 11.6 Å². The van der Waals surface area contributed by atoms with E-state index in [1.165, 1.54) is 6.20 Å². The second kappa shape index (κ2) is 4.29. The van der Waals surface area contributed by atoms with Gasteiger partial charge in [0.15, 0.2) is 10.9 Å². The predicted molar refractivity (Wildman–Crippen MR) is 70.5 cm³/mol. The minimum atomic E-state index is 0.0534. The van der Waals surface area contributed by atoms with Gasteiger partial charge < -0.3 is 11.1 Å². The van der Waals surface area contributed by atoms with E-state index < -0.39 is 0 Å². The monoisotopic (exact) mass is 249 g/mol. The predicted octanol–water partition coefficient (Wildman–Crippen LogP) is 2.56. The van der Waals surface area contributed by atoms with Crippen LogP contribution in [0.1, 0.15) is 26.5 Å². The lowest BCUT2D eigenvalue weighted by Crippen LogP contribution is -2.11. The summed E-state index contributed by atoms with van der Waals surface area (Å²) >= 11 is 1.55. The summed E-state index contributed by atoms with van der Waals surface area (Å²) in [7, 11) is 0. The Bertz CT molecular complexity index is 515. The van der Waals surface area contributed by atoms with E-state index in [0.717, 1.165) is 10.8 Å². The van der Waals surface area contributed by atoms with Gasteiger partial charge in [-0.2, -0.15) is 0 Å². The van der Waals surface area contributed by atoms with Crippen LogP contribution < -0.4 is 11.1 Å². The van der Waals surface area contributed by atoms with Crippen molar-refractivity contribution in [3.63, 3.8) is 0 Å². The number of rotatable bonds is 2. The lowest BCUT2D eigenvalue weighted by molar-refractivity contribution is 0.573. The fourth-order valence-corrected chi connectivity index (χ4v) is 2.17. The molecular formula is C11H15N5S. The molecule has 0 bridgehead atoms. The molecule has 3 N–H and O–H groups in total. The third-order valence-corrected chi connectivity index (χ3v) is 2.92. The van der Waals surface area contributed by atoms with Crippen LogP contribution in [-0.4, -0.2) is 15.0 Å². The third-order valence-electron chi connectivity index (χ3n) is 2.16. The summed E-state index contributed by atoms with van der Waals surface area (Å²) in [6.45, 7) is 6.39. The van der Waals surface area contributed by atoms with E-state index in [-0.39, 0.29) is 5.41 Å². The molecule has 2 rings (SSSR count). The van der Waals surface area contributed by atoms with Crippen molar-refractivity contribution in [1.29, 1.82) is 0 Å². The first kappa shape index (κ1) is 11.8. The maximum absolute atomic E-state index is 5.56. The number of nitrogens with zero attached hydrogens (tertiary/aromatic N) is 3. The molecule has 0 aliphatic rings. The fraction of sp³-hybridized carbons (Fsp3) is 0.364. The molecule has 2 heterocycles. The first-order valence-electron chi connectivity index (χ1n) is 5.26. The first-order chi connectivity index (χ1) is 7.95. The molecular weight excluding hydrogens is 234 g/mol. The SMILES string of the molecule is CC(C)(C)c1csc(Nc2cncc(N)n2)n1. The molecule has 0 amide bonds. The highest BCUT2D eigenvalue weighted by Gasteiger charge is 2.17. The van der Waals surface area contributed by atoms with Crippen LogP contribution >= 0.6 is 11.3 Å². The van der Waals surface area contributed by atoms with Gasteiger partial charge in [0.05, 0.1) is 18.1 Å². The number of nitrogens with two attached hydrogens (primary N) is 1. The van der Waals surface area contributed by atoms with Crippen molar-refractivity contribution in [3.8, 4) is 0 Å². The molecule has 5 nitrogen and oxygen atoms in total. The standard InChI is InChI=1S/C11H15N5S/c1-11(2,3)7-6-17-10(14-7)16-9-5-13-4-8(12)15-9/h4-6H,1-3H3,(H3,12,14,15,16). The highest BCUT2D eigenvalue weighted by molar-refractivity contribution is 7.13. The van der Waals surface area contributed by atoms with Crippen LogP contribution in [0.5, 0.6) is 0 Å². The molecule has 2 aromatic heterocycles. The van der Waals surface area contributed by atoms with Crippen molar-refractivity contribution < 1.29 is 0 Å². The molecule has 0 radical (unpaired) electrons. The van der Waals surface area contributed by atoms with E-state index in [4.69, 9.17) is 5.73 Å². The van der Waals surface area contributed by atoms with Gasteiger partial charge in [0.25, 0.3) is 0 Å². The van der Waals surface area contributed by atoms with E-state index >= 15 is 0 Å². The van der Waals surface area contributed by atoms with Crippen molar-refractivity contribution in [3.05, 3.63) is 23.5 Å². The molecule has 0 unspecified atom stereocenters. The Morgan fingerprint density at radius 3 is 2.59 bits per heavy atom. The second-order valence-corrected chi connectivity index (χ2v) is 5.60. The van der Waals surface area contributed by atoms with Crippen LogP contribution in [0.2, 0.25) is 0 Å². The minimum Gasteiger partial charge on any atom is -0.382 e. The fourth-order valence-electron chi connectivity index (χ4n) is 1.23. The van der Waals surface area contributed by atoms with Crippen molar-refractivity contribution in [2.24, 2.45) is 0 Å². The largest absolute Gasteiger partial charge is 0.382 e. The number of nitrogen functional groups attached to an aromatic ring is 1. The van der Waals surface area contributed by atoms with Gasteiger partial charge in [-0.1, -0.05) is 20.8 Å². The van der Waals surface area contributed by atoms with Crippen LogP contribution in [0.3, 0.4) is 0 Å². The summed E-state index contributed by atoms with van der Waals surface area (Å²) in [5.74, 6) is 1.00. The van der Waals surface area contributed by atoms with Gasteiger partial charge >= 0.3 is 0 Å². The molecule has 6 heteroatoms. The zero-order chi connectivity index (χ0) is 12.5. The number of aromatic nitrogens is 3. The molecule has 17 heavy (non-hydrogen) atoms. The van der Waals surface area contributed by atoms with Crippen LogP contribution in [0.25, 0.3) is 0 Å². The molecule has 90 valence electrons. The Morgan fingerprint density at radius 1 is 1.24 bits per heavy atom. The highest BCUT2D eigenvalue weighted by Crippen LogP contribution is 2.27. The molecule has 0 fully saturated rings. The van der Waals surface area contributed by atoms with E-state index in [9.17, 15) is 0 Å². The van der Waals surface area contributed by atoms with Crippen molar-refractivity contribution in [1.82, 2.24) is 15.0 Å². The van der Waals surface area contributed by atoms with Crippen LogP contribution in [0, 0.1) is 0 Å².